The standard InChI is InChI=1S/C24H53NO2Si2/c1-16(2)15-23(25-28(17(3)4,18(5)6)19(7)8)24(26)27-29(20(9)10,21(11)12)22(13)14/h16-23,25H,15H2,1-14H3/t23-/m0/s1. The van der Waals surface area contributed by atoms with Crippen LogP contribution in [0.3, 0.4) is 0 Å². The van der Waals surface area contributed by atoms with E-state index in [2.05, 4.69) is 102 Å². The Morgan fingerprint density at radius 2 is 1.00 bits per heavy atom. The van der Waals surface area contributed by atoms with E-state index in [4.69, 9.17) is 4.43 Å². The van der Waals surface area contributed by atoms with Crippen molar-refractivity contribution in [3.63, 3.8) is 0 Å². The molecule has 3 nitrogen and oxygen atoms in total. The van der Waals surface area contributed by atoms with E-state index >= 15 is 0 Å². The Labute approximate surface area is 185 Å². The van der Waals surface area contributed by atoms with E-state index in [9.17, 15) is 4.79 Å². The van der Waals surface area contributed by atoms with Gasteiger partial charge in [0.25, 0.3) is 8.32 Å². The summed E-state index contributed by atoms with van der Waals surface area (Å²) in [7, 11) is -4.15. The molecule has 0 aliphatic carbocycles. The first-order chi connectivity index (χ1) is 13.1. The van der Waals surface area contributed by atoms with Crippen LogP contribution in [0.15, 0.2) is 0 Å². The van der Waals surface area contributed by atoms with Gasteiger partial charge in [0, 0.05) is 0 Å². The summed E-state index contributed by atoms with van der Waals surface area (Å²) in [6.07, 6.45) is 0.846. The summed E-state index contributed by atoms with van der Waals surface area (Å²) < 4.78 is 6.63. The normalized spacial score (nSPS) is 14.9. The molecule has 1 atom stereocenters. The Kier molecular flexibility index (Phi) is 11.4. The lowest BCUT2D eigenvalue weighted by atomic mass is 10.1. The van der Waals surface area contributed by atoms with Gasteiger partial charge in [-0.15, -0.1) is 0 Å². The third-order valence-electron chi connectivity index (χ3n) is 7.27. The maximum atomic E-state index is 13.7. The maximum absolute atomic E-state index is 13.7. The highest BCUT2D eigenvalue weighted by Crippen LogP contribution is 2.43. The maximum Gasteiger partial charge on any atom is 0.309 e. The van der Waals surface area contributed by atoms with Crippen LogP contribution in [0.25, 0.3) is 0 Å². The van der Waals surface area contributed by atoms with E-state index in [1.165, 1.54) is 0 Å². The Morgan fingerprint density at radius 1 is 0.655 bits per heavy atom. The van der Waals surface area contributed by atoms with Crippen molar-refractivity contribution in [3.05, 3.63) is 0 Å². The highest BCUT2D eigenvalue weighted by Gasteiger charge is 2.51. The van der Waals surface area contributed by atoms with Crippen molar-refractivity contribution in [2.75, 3.05) is 0 Å². The molecule has 0 saturated carbocycles. The van der Waals surface area contributed by atoms with Crippen LogP contribution in [-0.4, -0.2) is 28.6 Å². The van der Waals surface area contributed by atoms with Gasteiger partial charge >= 0.3 is 5.97 Å². The molecule has 0 aromatic rings. The summed E-state index contributed by atoms with van der Waals surface area (Å²) in [6.45, 7) is 32.0. The molecule has 0 amide bonds. The number of nitrogens with one attached hydrogen (secondary N) is 1. The molecular formula is C24H53NO2Si2. The SMILES string of the molecule is CC(C)C[C@H](N[Si](C(C)C)(C(C)C)C(C)C)C(=O)O[Si](C(C)C)(C(C)C)C(C)C. The summed E-state index contributed by atoms with van der Waals surface area (Å²) in [6, 6.07) is -0.197. The molecule has 0 heterocycles. The Bertz CT molecular complexity index is 456. The van der Waals surface area contributed by atoms with Crippen LogP contribution in [0, 0.1) is 5.92 Å². The number of carbonyl (C=O) groups is 1. The van der Waals surface area contributed by atoms with Crippen LogP contribution in [0.5, 0.6) is 0 Å². The summed E-state index contributed by atoms with van der Waals surface area (Å²) in [5.74, 6) is 0.465. The third kappa shape index (κ3) is 6.42. The molecule has 0 aliphatic heterocycles. The summed E-state index contributed by atoms with van der Waals surface area (Å²) in [5.41, 5.74) is 2.92. The van der Waals surface area contributed by atoms with Gasteiger partial charge in [0.2, 0.25) is 0 Å². The van der Waals surface area contributed by atoms with E-state index in [-0.39, 0.29) is 12.0 Å². The van der Waals surface area contributed by atoms with Crippen molar-refractivity contribution in [1.82, 2.24) is 4.98 Å². The molecule has 0 fully saturated rings. The lowest BCUT2D eigenvalue weighted by Crippen LogP contribution is -2.64. The van der Waals surface area contributed by atoms with E-state index in [1.807, 2.05) is 0 Å². The van der Waals surface area contributed by atoms with Crippen LogP contribution in [0.2, 0.25) is 33.2 Å². The largest absolute Gasteiger partial charge is 0.517 e. The van der Waals surface area contributed by atoms with Gasteiger partial charge in [-0.3, -0.25) is 4.79 Å². The number of hydrogen-bond acceptors (Lipinski definition) is 3. The second-order valence-electron chi connectivity index (χ2n) is 11.5. The predicted molar refractivity (Wildman–Crippen MR) is 135 cm³/mol. The molecule has 0 aromatic carbocycles. The molecule has 0 spiro atoms. The summed E-state index contributed by atoms with van der Waals surface area (Å²) in [5, 5.41) is 0. The van der Waals surface area contributed by atoms with Crippen molar-refractivity contribution in [3.8, 4) is 0 Å². The molecule has 29 heavy (non-hydrogen) atoms. The van der Waals surface area contributed by atoms with Crippen LogP contribution in [0.4, 0.5) is 0 Å². The van der Waals surface area contributed by atoms with E-state index < -0.39 is 16.6 Å². The molecule has 1 N–H and O–H groups in total. The van der Waals surface area contributed by atoms with Crippen LogP contribution < -0.4 is 4.98 Å². The van der Waals surface area contributed by atoms with Crippen LogP contribution in [-0.2, 0) is 9.22 Å². The van der Waals surface area contributed by atoms with E-state index in [0.717, 1.165) is 6.42 Å². The average Bonchev–Trinajstić information content (AvgIpc) is 2.53. The van der Waals surface area contributed by atoms with Gasteiger partial charge in [-0.2, -0.15) is 0 Å². The van der Waals surface area contributed by atoms with Gasteiger partial charge in [-0.1, -0.05) is 96.9 Å². The van der Waals surface area contributed by atoms with Crippen molar-refractivity contribution in [2.24, 2.45) is 5.92 Å². The molecule has 0 bridgehead atoms. The molecule has 0 radical (unpaired) electrons. The second-order valence-corrected chi connectivity index (χ2v) is 22.5. The number of rotatable bonds is 12. The summed E-state index contributed by atoms with van der Waals surface area (Å²) in [4.78, 5) is 17.7. The minimum absolute atomic E-state index is 0.0142. The Morgan fingerprint density at radius 3 is 1.24 bits per heavy atom. The smallest absolute Gasteiger partial charge is 0.309 e. The monoisotopic (exact) mass is 443 g/mol. The lowest BCUT2D eigenvalue weighted by molar-refractivity contribution is -0.138. The molecule has 0 rings (SSSR count). The van der Waals surface area contributed by atoms with Crippen molar-refractivity contribution >= 4 is 22.5 Å². The highest BCUT2D eigenvalue weighted by atomic mass is 28.4. The fraction of sp³-hybridized carbons (Fsp3) is 0.958. The van der Waals surface area contributed by atoms with Crippen molar-refractivity contribution in [1.29, 1.82) is 0 Å². The quantitative estimate of drug-likeness (QED) is 0.312. The Hall–Kier alpha value is -0.136. The first-order valence-electron chi connectivity index (χ1n) is 12.1. The zero-order chi connectivity index (χ0) is 23.3. The molecule has 5 heteroatoms. The zero-order valence-electron chi connectivity index (χ0n) is 22.1. The van der Waals surface area contributed by atoms with E-state index in [1.54, 1.807) is 0 Å². The van der Waals surface area contributed by atoms with Gasteiger partial charge in [0.1, 0.15) is 8.24 Å². The number of hydrogen-bond donors (Lipinski definition) is 1. The second kappa shape index (κ2) is 11.5. The molecule has 0 aromatic heterocycles. The molecule has 0 saturated heterocycles. The van der Waals surface area contributed by atoms with E-state index in [0.29, 0.717) is 39.2 Å². The highest BCUT2D eigenvalue weighted by molar-refractivity contribution is 6.81. The molecule has 0 aliphatic rings. The fourth-order valence-corrected chi connectivity index (χ4v) is 17.1. The molecule has 0 unspecified atom stereocenters. The first-order valence-corrected chi connectivity index (χ1v) is 16.4. The topological polar surface area (TPSA) is 38.3 Å². The predicted octanol–water partition coefficient (Wildman–Crippen LogP) is 7.88. The first kappa shape index (κ1) is 28.9. The van der Waals surface area contributed by atoms with Crippen molar-refractivity contribution in [2.45, 2.75) is 143 Å². The van der Waals surface area contributed by atoms with Gasteiger partial charge in [0.15, 0.2) is 0 Å². The van der Waals surface area contributed by atoms with Gasteiger partial charge in [0.05, 0.1) is 6.04 Å². The van der Waals surface area contributed by atoms with Gasteiger partial charge < -0.3 is 9.41 Å². The van der Waals surface area contributed by atoms with Gasteiger partial charge in [-0.25, -0.2) is 0 Å². The van der Waals surface area contributed by atoms with Crippen LogP contribution in [0.1, 0.15) is 103 Å². The molecular weight excluding hydrogens is 390 g/mol. The Balaban J connectivity index is 6.14. The van der Waals surface area contributed by atoms with Crippen LogP contribution >= 0.6 is 0 Å². The summed E-state index contributed by atoms with van der Waals surface area (Å²) >= 11 is 0. The molecule has 174 valence electrons. The minimum atomic E-state index is -2.24. The lowest BCUT2D eigenvalue weighted by Gasteiger charge is -2.47. The van der Waals surface area contributed by atoms with Crippen molar-refractivity contribution < 1.29 is 9.22 Å². The average molecular weight is 444 g/mol. The third-order valence-corrected chi connectivity index (χ3v) is 19.8. The fourth-order valence-electron chi connectivity index (χ4n) is 6.09. The minimum Gasteiger partial charge on any atom is -0.517 e. The zero-order valence-corrected chi connectivity index (χ0v) is 24.1. The number of carbonyl (C=O) groups excluding carboxylic acids is 1. The van der Waals surface area contributed by atoms with Gasteiger partial charge in [-0.05, 0) is 45.6 Å².